The minimum Gasteiger partial charge on any atom is -0.469 e. The Balaban J connectivity index is 2.22. The highest BCUT2D eigenvalue weighted by Gasteiger charge is 2.34. The van der Waals surface area contributed by atoms with Crippen molar-refractivity contribution in [2.45, 2.75) is 20.8 Å². The number of hydrogen-bond donors (Lipinski definition) is 0. The standard InChI is InChI=1S/C10H19NO2/c1-10(2,3)7-11-5-8(6-11)9(12)13-4/h8H,5-7H2,1-4H3. The van der Waals surface area contributed by atoms with Gasteiger partial charge in [0.2, 0.25) is 0 Å². The van der Waals surface area contributed by atoms with Crippen LogP contribution < -0.4 is 0 Å². The second kappa shape index (κ2) is 3.66. The van der Waals surface area contributed by atoms with E-state index >= 15 is 0 Å². The van der Waals surface area contributed by atoms with Crippen LogP contribution in [0.2, 0.25) is 0 Å². The van der Waals surface area contributed by atoms with E-state index in [9.17, 15) is 4.79 Å². The number of carbonyl (C=O) groups excluding carboxylic acids is 1. The van der Waals surface area contributed by atoms with Gasteiger partial charge in [-0.15, -0.1) is 0 Å². The summed E-state index contributed by atoms with van der Waals surface area (Å²) in [5, 5.41) is 0. The fourth-order valence-corrected chi connectivity index (χ4v) is 1.69. The predicted octanol–water partition coefficient (Wildman–Crippen LogP) is 1.14. The van der Waals surface area contributed by atoms with Crippen molar-refractivity contribution in [2.75, 3.05) is 26.7 Å². The number of methoxy groups -OCH3 is 1. The Bertz CT molecular complexity index is 190. The van der Waals surface area contributed by atoms with E-state index in [2.05, 4.69) is 30.4 Å². The van der Waals surface area contributed by atoms with Gasteiger partial charge in [0.15, 0.2) is 0 Å². The normalized spacial score (nSPS) is 19.7. The van der Waals surface area contributed by atoms with Crippen molar-refractivity contribution in [1.29, 1.82) is 0 Å². The Morgan fingerprint density at radius 3 is 2.38 bits per heavy atom. The molecule has 1 aliphatic rings. The van der Waals surface area contributed by atoms with E-state index in [1.54, 1.807) is 0 Å². The molecule has 1 rings (SSSR count). The fourth-order valence-electron chi connectivity index (χ4n) is 1.69. The topological polar surface area (TPSA) is 29.5 Å². The van der Waals surface area contributed by atoms with E-state index in [1.807, 2.05) is 0 Å². The molecule has 0 aromatic carbocycles. The monoisotopic (exact) mass is 185 g/mol. The number of likely N-dealkylation sites (tertiary alicyclic amines) is 1. The molecule has 0 bridgehead atoms. The Hall–Kier alpha value is -0.570. The summed E-state index contributed by atoms with van der Waals surface area (Å²) in [5.41, 5.74) is 0.321. The van der Waals surface area contributed by atoms with E-state index in [0.717, 1.165) is 19.6 Å². The summed E-state index contributed by atoms with van der Waals surface area (Å²) >= 11 is 0. The van der Waals surface area contributed by atoms with Crippen LogP contribution in [0.3, 0.4) is 0 Å². The quantitative estimate of drug-likeness (QED) is 0.604. The Morgan fingerprint density at radius 2 is 2.00 bits per heavy atom. The van der Waals surface area contributed by atoms with E-state index < -0.39 is 0 Å². The average Bonchev–Trinajstić information content (AvgIpc) is 1.92. The van der Waals surface area contributed by atoms with Gasteiger partial charge in [0.05, 0.1) is 13.0 Å². The molecular formula is C10H19NO2. The molecule has 1 saturated heterocycles. The summed E-state index contributed by atoms with van der Waals surface area (Å²) in [6, 6.07) is 0. The van der Waals surface area contributed by atoms with Crippen molar-refractivity contribution < 1.29 is 9.53 Å². The molecule has 1 fully saturated rings. The predicted molar refractivity (Wildman–Crippen MR) is 51.4 cm³/mol. The number of carbonyl (C=O) groups is 1. The maximum Gasteiger partial charge on any atom is 0.311 e. The third-order valence-corrected chi connectivity index (χ3v) is 2.19. The van der Waals surface area contributed by atoms with Crippen LogP contribution in [0.4, 0.5) is 0 Å². The Kier molecular flexibility index (Phi) is 2.96. The highest BCUT2D eigenvalue weighted by Crippen LogP contribution is 2.23. The zero-order chi connectivity index (χ0) is 10.1. The third-order valence-electron chi connectivity index (χ3n) is 2.19. The minimum absolute atomic E-state index is 0.0647. The van der Waals surface area contributed by atoms with Crippen molar-refractivity contribution in [2.24, 2.45) is 11.3 Å². The van der Waals surface area contributed by atoms with Crippen molar-refractivity contribution in [3.8, 4) is 0 Å². The molecule has 0 amide bonds. The van der Waals surface area contributed by atoms with Gasteiger partial charge in [-0.2, -0.15) is 0 Å². The van der Waals surface area contributed by atoms with Crippen molar-refractivity contribution >= 4 is 5.97 Å². The first-order valence-electron chi connectivity index (χ1n) is 4.72. The lowest BCUT2D eigenvalue weighted by molar-refractivity contribution is -0.151. The van der Waals surface area contributed by atoms with Crippen LogP contribution in [-0.2, 0) is 9.53 Å². The van der Waals surface area contributed by atoms with E-state index in [0.29, 0.717) is 5.41 Å². The van der Waals surface area contributed by atoms with Gasteiger partial charge in [-0.05, 0) is 5.41 Å². The van der Waals surface area contributed by atoms with Crippen molar-refractivity contribution in [3.63, 3.8) is 0 Å². The molecule has 3 heteroatoms. The summed E-state index contributed by atoms with van der Waals surface area (Å²) in [6.45, 7) is 9.41. The van der Waals surface area contributed by atoms with Gasteiger partial charge in [-0.1, -0.05) is 20.8 Å². The van der Waals surface area contributed by atoms with Crippen LogP contribution in [0.15, 0.2) is 0 Å². The van der Waals surface area contributed by atoms with E-state index in [1.165, 1.54) is 7.11 Å². The molecular weight excluding hydrogens is 166 g/mol. The molecule has 1 aliphatic heterocycles. The van der Waals surface area contributed by atoms with Crippen LogP contribution in [0.25, 0.3) is 0 Å². The molecule has 1 heterocycles. The SMILES string of the molecule is COC(=O)C1CN(CC(C)(C)C)C1. The van der Waals surface area contributed by atoms with Crippen molar-refractivity contribution in [1.82, 2.24) is 4.90 Å². The minimum atomic E-state index is -0.0647. The summed E-state index contributed by atoms with van der Waals surface area (Å²) in [5.74, 6) is 0.0532. The summed E-state index contributed by atoms with van der Waals surface area (Å²) in [7, 11) is 1.45. The molecule has 0 N–H and O–H groups in total. The van der Waals surface area contributed by atoms with Crippen LogP contribution in [0.1, 0.15) is 20.8 Å². The number of rotatable bonds is 2. The molecule has 0 radical (unpaired) electrons. The van der Waals surface area contributed by atoms with Crippen LogP contribution in [0.5, 0.6) is 0 Å². The van der Waals surface area contributed by atoms with Gasteiger partial charge in [-0.3, -0.25) is 4.79 Å². The second-order valence-corrected chi connectivity index (χ2v) is 4.97. The van der Waals surface area contributed by atoms with Gasteiger partial charge < -0.3 is 9.64 Å². The van der Waals surface area contributed by atoms with Gasteiger partial charge in [0, 0.05) is 19.6 Å². The second-order valence-electron chi connectivity index (χ2n) is 4.97. The number of ether oxygens (including phenoxy) is 1. The van der Waals surface area contributed by atoms with Crippen LogP contribution in [0, 0.1) is 11.3 Å². The molecule has 3 nitrogen and oxygen atoms in total. The molecule has 0 aromatic rings. The first-order valence-corrected chi connectivity index (χ1v) is 4.72. The summed E-state index contributed by atoms with van der Waals surface area (Å²) < 4.78 is 4.67. The maximum atomic E-state index is 11.1. The van der Waals surface area contributed by atoms with Crippen LogP contribution in [-0.4, -0.2) is 37.6 Å². The lowest BCUT2D eigenvalue weighted by Crippen LogP contribution is -2.53. The van der Waals surface area contributed by atoms with Gasteiger partial charge in [-0.25, -0.2) is 0 Å². The van der Waals surface area contributed by atoms with Gasteiger partial charge in [0.1, 0.15) is 0 Å². The van der Waals surface area contributed by atoms with E-state index in [4.69, 9.17) is 0 Å². The molecule has 0 saturated carbocycles. The van der Waals surface area contributed by atoms with Gasteiger partial charge >= 0.3 is 5.97 Å². The molecule has 0 aliphatic carbocycles. The van der Waals surface area contributed by atoms with Crippen LogP contribution >= 0.6 is 0 Å². The van der Waals surface area contributed by atoms with E-state index in [-0.39, 0.29) is 11.9 Å². The Morgan fingerprint density at radius 1 is 1.46 bits per heavy atom. The number of nitrogens with zero attached hydrogens (tertiary/aromatic N) is 1. The molecule has 0 unspecified atom stereocenters. The number of esters is 1. The molecule has 0 spiro atoms. The molecule has 76 valence electrons. The zero-order valence-electron chi connectivity index (χ0n) is 8.96. The first-order chi connectivity index (χ1) is 5.92. The summed E-state index contributed by atoms with van der Waals surface area (Å²) in [4.78, 5) is 13.3. The highest BCUT2D eigenvalue weighted by atomic mass is 16.5. The zero-order valence-corrected chi connectivity index (χ0v) is 8.96. The maximum absolute atomic E-state index is 11.1. The average molecular weight is 185 g/mol. The van der Waals surface area contributed by atoms with Gasteiger partial charge in [0.25, 0.3) is 0 Å². The lowest BCUT2D eigenvalue weighted by atomic mass is 9.91. The Labute approximate surface area is 80.1 Å². The summed E-state index contributed by atoms with van der Waals surface area (Å²) in [6.07, 6.45) is 0. The largest absolute Gasteiger partial charge is 0.469 e. The smallest absolute Gasteiger partial charge is 0.311 e. The lowest BCUT2D eigenvalue weighted by Gasteiger charge is -2.40. The first kappa shape index (κ1) is 10.5. The molecule has 0 atom stereocenters. The molecule has 0 aromatic heterocycles. The number of hydrogen-bond acceptors (Lipinski definition) is 3. The third kappa shape index (κ3) is 2.99. The molecule has 13 heavy (non-hydrogen) atoms. The van der Waals surface area contributed by atoms with Crippen molar-refractivity contribution in [3.05, 3.63) is 0 Å². The highest BCUT2D eigenvalue weighted by molar-refractivity contribution is 5.73. The fraction of sp³-hybridized carbons (Fsp3) is 0.900.